The largest absolute Gasteiger partial charge is 0.495 e. The molecule has 1 N–H and O–H groups in total. The Kier molecular flexibility index (Phi) is 5.78. The van der Waals surface area contributed by atoms with Crippen molar-refractivity contribution in [2.24, 2.45) is 0 Å². The van der Waals surface area contributed by atoms with Crippen LogP contribution in [-0.4, -0.2) is 32.2 Å². The quantitative estimate of drug-likeness (QED) is 0.825. The van der Waals surface area contributed by atoms with Gasteiger partial charge in [-0.3, -0.25) is 4.79 Å². The van der Waals surface area contributed by atoms with Crippen molar-refractivity contribution in [3.8, 4) is 11.5 Å². The summed E-state index contributed by atoms with van der Waals surface area (Å²) in [6.45, 7) is 1.64. The molecule has 0 unspecified atom stereocenters. The number of ether oxygens (including phenoxy) is 3. The zero-order valence-electron chi connectivity index (χ0n) is 13.7. The number of amides is 1. The van der Waals surface area contributed by atoms with Gasteiger partial charge in [0.05, 0.1) is 25.5 Å². The molecular formula is C18H19NO5. The normalized spacial score (nSPS) is 11.3. The first kappa shape index (κ1) is 17.3. The highest BCUT2D eigenvalue weighted by molar-refractivity contribution is 5.95. The number of para-hydroxylation sites is 2. The first-order chi connectivity index (χ1) is 11.5. The minimum Gasteiger partial charge on any atom is -0.495 e. The molecule has 6 nitrogen and oxygen atoms in total. The third kappa shape index (κ3) is 4.25. The summed E-state index contributed by atoms with van der Waals surface area (Å²) in [4.78, 5) is 23.6. The van der Waals surface area contributed by atoms with Crippen LogP contribution in [0.5, 0.6) is 11.5 Å². The van der Waals surface area contributed by atoms with Crippen LogP contribution in [0.25, 0.3) is 0 Å². The average Bonchev–Trinajstić information content (AvgIpc) is 2.62. The molecule has 6 heteroatoms. The van der Waals surface area contributed by atoms with Gasteiger partial charge < -0.3 is 19.5 Å². The lowest BCUT2D eigenvalue weighted by Gasteiger charge is -2.16. The highest BCUT2D eigenvalue weighted by Gasteiger charge is 2.16. The van der Waals surface area contributed by atoms with Crippen LogP contribution in [0.4, 0.5) is 5.69 Å². The van der Waals surface area contributed by atoms with Gasteiger partial charge in [0.15, 0.2) is 6.10 Å². The maximum Gasteiger partial charge on any atom is 0.337 e. The van der Waals surface area contributed by atoms with Gasteiger partial charge >= 0.3 is 5.97 Å². The van der Waals surface area contributed by atoms with Crippen LogP contribution in [0.1, 0.15) is 17.3 Å². The van der Waals surface area contributed by atoms with Gasteiger partial charge in [0.2, 0.25) is 0 Å². The van der Waals surface area contributed by atoms with Gasteiger partial charge in [-0.05, 0) is 43.3 Å². The number of methoxy groups -OCH3 is 2. The molecule has 2 aromatic rings. The SMILES string of the molecule is COC(=O)c1ccc(O[C@H](C)C(=O)Nc2ccccc2OC)cc1. The molecule has 0 heterocycles. The molecule has 0 aromatic heterocycles. The number of rotatable bonds is 6. The lowest BCUT2D eigenvalue weighted by atomic mass is 10.2. The molecule has 0 aliphatic rings. The standard InChI is InChI=1S/C18H19NO5/c1-12(17(20)19-15-6-4-5-7-16(15)22-2)24-14-10-8-13(9-11-14)18(21)23-3/h4-12H,1-3H3,(H,19,20)/t12-/m1/s1. The summed E-state index contributed by atoms with van der Waals surface area (Å²) in [6.07, 6.45) is -0.723. The first-order valence-corrected chi connectivity index (χ1v) is 7.34. The Morgan fingerprint density at radius 1 is 1.00 bits per heavy atom. The van der Waals surface area contributed by atoms with Crippen LogP contribution < -0.4 is 14.8 Å². The highest BCUT2D eigenvalue weighted by atomic mass is 16.5. The van der Waals surface area contributed by atoms with Crippen LogP contribution in [-0.2, 0) is 9.53 Å². The van der Waals surface area contributed by atoms with Gasteiger partial charge in [0.1, 0.15) is 11.5 Å². The molecule has 1 amide bonds. The predicted molar refractivity (Wildman–Crippen MR) is 89.5 cm³/mol. The van der Waals surface area contributed by atoms with Crippen molar-refractivity contribution in [2.45, 2.75) is 13.0 Å². The lowest BCUT2D eigenvalue weighted by Crippen LogP contribution is -2.30. The van der Waals surface area contributed by atoms with E-state index >= 15 is 0 Å². The zero-order valence-corrected chi connectivity index (χ0v) is 13.7. The summed E-state index contributed by atoms with van der Waals surface area (Å²) in [6, 6.07) is 13.5. The summed E-state index contributed by atoms with van der Waals surface area (Å²) >= 11 is 0. The fourth-order valence-electron chi connectivity index (χ4n) is 2.03. The minimum atomic E-state index is -0.723. The Morgan fingerprint density at radius 2 is 1.67 bits per heavy atom. The van der Waals surface area contributed by atoms with Crippen molar-refractivity contribution in [2.75, 3.05) is 19.5 Å². The van der Waals surface area contributed by atoms with E-state index in [1.807, 2.05) is 6.07 Å². The Labute approximate surface area is 140 Å². The van der Waals surface area contributed by atoms with E-state index < -0.39 is 12.1 Å². The molecule has 24 heavy (non-hydrogen) atoms. The fourth-order valence-corrected chi connectivity index (χ4v) is 2.03. The molecule has 0 fully saturated rings. The average molecular weight is 329 g/mol. The van der Waals surface area contributed by atoms with Crippen molar-refractivity contribution in [3.05, 3.63) is 54.1 Å². The zero-order chi connectivity index (χ0) is 17.5. The Balaban J connectivity index is 2.00. The summed E-state index contributed by atoms with van der Waals surface area (Å²) < 4.78 is 15.4. The van der Waals surface area contributed by atoms with E-state index in [1.54, 1.807) is 49.4 Å². The molecule has 126 valence electrons. The first-order valence-electron chi connectivity index (χ1n) is 7.34. The summed E-state index contributed by atoms with van der Waals surface area (Å²) in [5, 5.41) is 2.76. The third-order valence-electron chi connectivity index (χ3n) is 3.32. The van der Waals surface area contributed by atoms with Crippen LogP contribution >= 0.6 is 0 Å². The molecule has 0 bridgehead atoms. The Morgan fingerprint density at radius 3 is 2.29 bits per heavy atom. The number of benzene rings is 2. The molecular weight excluding hydrogens is 310 g/mol. The fraction of sp³-hybridized carbons (Fsp3) is 0.222. The number of esters is 1. The number of nitrogens with one attached hydrogen (secondary N) is 1. The van der Waals surface area contributed by atoms with E-state index in [9.17, 15) is 9.59 Å². The summed E-state index contributed by atoms with van der Waals surface area (Å²) in [7, 11) is 2.85. The highest BCUT2D eigenvalue weighted by Crippen LogP contribution is 2.23. The molecule has 2 aromatic carbocycles. The van der Waals surface area contributed by atoms with Gasteiger partial charge in [-0.25, -0.2) is 4.79 Å². The Hall–Kier alpha value is -3.02. The van der Waals surface area contributed by atoms with E-state index in [4.69, 9.17) is 9.47 Å². The Bertz CT molecular complexity index is 712. The van der Waals surface area contributed by atoms with Crippen molar-refractivity contribution < 1.29 is 23.8 Å². The molecule has 0 saturated heterocycles. The summed E-state index contributed by atoms with van der Waals surface area (Å²) in [5.41, 5.74) is 0.984. The molecule has 0 saturated carbocycles. The van der Waals surface area contributed by atoms with E-state index in [0.717, 1.165) is 0 Å². The smallest absolute Gasteiger partial charge is 0.337 e. The van der Waals surface area contributed by atoms with E-state index in [-0.39, 0.29) is 5.91 Å². The number of anilines is 1. The van der Waals surface area contributed by atoms with Gasteiger partial charge in [-0.15, -0.1) is 0 Å². The second-order valence-corrected chi connectivity index (χ2v) is 4.97. The third-order valence-corrected chi connectivity index (χ3v) is 3.32. The second-order valence-electron chi connectivity index (χ2n) is 4.97. The number of carbonyl (C=O) groups is 2. The summed E-state index contributed by atoms with van der Waals surface area (Å²) in [5.74, 6) is 0.311. The van der Waals surface area contributed by atoms with Crippen LogP contribution in [0.3, 0.4) is 0 Å². The van der Waals surface area contributed by atoms with E-state index in [2.05, 4.69) is 10.1 Å². The van der Waals surface area contributed by atoms with Crippen molar-refractivity contribution in [1.29, 1.82) is 0 Å². The van der Waals surface area contributed by atoms with Crippen molar-refractivity contribution in [3.63, 3.8) is 0 Å². The van der Waals surface area contributed by atoms with Crippen LogP contribution in [0, 0.1) is 0 Å². The number of carbonyl (C=O) groups excluding carboxylic acids is 2. The van der Waals surface area contributed by atoms with Gasteiger partial charge in [-0.1, -0.05) is 12.1 Å². The molecule has 0 radical (unpaired) electrons. The molecule has 1 atom stereocenters. The lowest BCUT2D eigenvalue weighted by molar-refractivity contribution is -0.122. The molecule has 2 rings (SSSR count). The molecule has 0 spiro atoms. The van der Waals surface area contributed by atoms with E-state index in [1.165, 1.54) is 14.2 Å². The molecule has 0 aliphatic carbocycles. The topological polar surface area (TPSA) is 73.9 Å². The minimum absolute atomic E-state index is 0.309. The van der Waals surface area contributed by atoms with Crippen molar-refractivity contribution in [1.82, 2.24) is 0 Å². The predicted octanol–water partition coefficient (Wildman–Crippen LogP) is 2.89. The number of hydrogen-bond donors (Lipinski definition) is 1. The maximum absolute atomic E-state index is 12.2. The van der Waals surface area contributed by atoms with E-state index in [0.29, 0.717) is 22.7 Å². The van der Waals surface area contributed by atoms with Crippen LogP contribution in [0.15, 0.2) is 48.5 Å². The van der Waals surface area contributed by atoms with Crippen molar-refractivity contribution >= 4 is 17.6 Å². The maximum atomic E-state index is 12.2. The van der Waals surface area contributed by atoms with Crippen LogP contribution in [0.2, 0.25) is 0 Å². The number of hydrogen-bond acceptors (Lipinski definition) is 5. The molecule has 0 aliphatic heterocycles. The second kappa shape index (κ2) is 8.01. The van der Waals surface area contributed by atoms with Gasteiger partial charge in [0.25, 0.3) is 5.91 Å². The monoisotopic (exact) mass is 329 g/mol. The van der Waals surface area contributed by atoms with Gasteiger partial charge in [0, 0.05) is 0 Å². The van der Waals surface area contributed by atoms with Gasteiger partial charge in [-0.2, -0.15) is 0 Å².